The Morgan fingerprint density at radius 1 is 1.27 bits per heavy atom. The summed E-state index contributed by atoms with van der Waals surface area (Å²) in [4.78, 5) is 0. The van der Waals surface area contributed by atoms with Crippen molar-refractivity contribution >= 4 is 0 Å². The SMILES string of the molecule is CC(C)(C)c1cccc(C2(CN)CC2)c1. The maximum absolute atomic E-state index is 5.86. The highest BCUT2D eigenvalue weighted by Gasteiger charge is 2.42. The molecule has 1 saturated carbocycles. The van der Waals surface area contributed by atoms with Crippen molar-refractivity contribution < 1.29 is 0 Å². The van der Waals surface area contributed by atoms with Gasteiger partial charge in [-0.15, -0.1) is 0 Å². The topological polar surface area (TPSA) is 26.0 Å². The van der Waals surface area contributed by atoms with Crippen LogP contribution in [-0.4, -0.2) is 6.54 Å². The van der Waals surface area contributed by atoms with E-state index in [0.29, 0.717) is 5.41 Å². The zero-order valence-electron chi connectivity index (χ0n) is 10.0. The minimum absolute atomic E-state index is 0.237. The normalized spacial score (nSPS) is 18.9. The van der Waals surface area contributed by atoms with Gasteiger partial charge in [0.05, 0.1) is 0 Å². The third kappa shape index (κ3) is 1.93. The first-order valence-electron chi connectivity index (χ1n) is 5.79. The fraction of sp³-hybridized carbons (Fsp3) is 0.571. The molecule has 0 atom stereocenters. The highest BCUT2D eigenvalue weighted by atomic mass is 14.7. The van der Waals surface area contributed by atoms with Crippen molar-refractivity contribution in [3.05, 3.63) is 35.4 Å². The summed E-state index contributed by atoms with van der Waals surface area (Å²) < 4.78 is 0. The molecule has 0 heterocycles. The van der Waals surface area contributed by atoms with E-state index in [4.69, 9.17) is 5.73 Å². The van der Waals surface area contributed by atoms with Gasteiger partial charge in [-0.3, -0.25) is 0 Å². The summed E-state index contributed by atoms with van der Waals surface area (Å²) in [6.45, 7) is 7.57. The van der Waals surface area contributed by atoms with E-state index in [-0.39, 0.29) is 5.41 Å². The van der Waals surface area contributed by atoms with Gasteiger partial charge in [-0.1, -0.05) is 45.0 Å². The largest absolute Gasteiger partial charge is 0.330 e. The summed E-state index contributed by atoms with van der Waals surface area (Å²) in [5.74, 6) is 0. The second-order valence-corrected chi connectivity index (χ2v) is 5.82. The maximum atomic E-state index is 5.86. The van der Waals surface area contributed by atoms with Gasteiger partial charge in [-0.25, -0.2) is 0 Å². The molecule has 0 aromatic heterocycles. The number of nitrogens with two attached hydrogens (primary N) is 1. The van der Waals surface area contributed by atoms with Crippen molar-refractivity contribution in [1.82, 2.24) is 0 Å². The lowest BCUT2D eigenvalue weighted by atomic mass is 9.84. The van der Waals surface area contributed by atoms with Gasteiger partial charge in [0.2, 0.25) is 0 Å². The molecule has 1 aromatic rings. The average molecular weight is 203 g/mol. The molecule has 2 rings (SSSR count). The molecule has 1 nitrogen and oxygen atoms in total. The average Bonchev–Trinajstić information content (AvgIpc) is 2.97. The van der Waals surface area contributed by atoms with Crippen LogP contribution in [0.25, 0.3) is 0 Å². The zero-order valence-corrected chi connectivity index (χ0v) is 10.0. The first-order chi connectivity index (χ1) is 6.98. The van der Waals surface area contributed by atoms with Crippen molar-refractivity contribution in [2.75, 3.05) is 6.54 Å². The van der Waals surface area contributed by atoms with Gasteiger partial charge >= 0.3 is 0 Å². The second kappa shape index (κ2) is 3.34. The van der Waals surface area contributed by atoms with Crippen molar-refractivity contribution in [1.29, 1.82) is 0 Å². The Balaban J connectivity index is 2.35. The minimum Gasteiger partial charge on any atom is -0.330 e. The molecule has 2 N–H and O–H groups in total. The van der Waals surface area contributed by atoms with Crippen LogP contribution in [0.3, 0.4) is 0 Å². The lowest BCUT2D eigenvalue weighted by molar-refractivity contribution is 0.586. The van der Waals surface area contributed by atoms with Gasteiger partial charge in [-0.05, 0) is 29.4 Å². The molecule has 0 radical (unpaired) electrons. The minimum atomic E-state index is 0.237. The van der Waals surface area contributed by atoms with Crippen LogP contribution in [0.4, 0.5) is 0 Å². The molecule has 0 saturated heterocycles. The Bertz CT molecular complexity index is 356. The van der Waals surface area contributed by atoms with Crippen LogP contribution < -0.4 is 5.73 Å². The van der Waals surface area contributed by atoms with Gasteiger partial charge in [0.15, 0.2) is 0 Å². The summed E-state index contributed by atoms with van der Waals surface area (Å²) in [5.41, 5.74) is 9.28. The van der Waals surface area contributed by atoms with Gasteiger partial charge < -0.3 is 5.73 Å². The molecule has 0 bridgehead atoms. The Morgan fingerprint density at radius 2 is 1.93 bits per heavy atom. The van der Waals surface area contributed by atoms with Crippen LogP contribution in [0, 0.1) is 0 Å². The van der Waals surface area contributed by atoms with Crippen molar-refractivity contribution in [3.8, 4) is 0 Å². The van der Waals surface area contributed by atoms with Crippen molar-refractivity contribution in [2.45, 2.75) is 44.4 Å². The molecule has 0 spiro atoms. The van der Waals surface area contributed by atoms with E-state index in [1.165, 1.54) is 24.0 Å². The van der Waals surface area contributed by atoms with E-state index in [1.807, 2.05) is 0 Å². The lowest BCUT2D eigenvalue weighted by Crippen LogP contribution is -2.21. The molecule has 0 unspecified atom stereocenters. The smallest absolute Gasteiger partial charge is 0.00763 e. The molecule has 15 heavy (non-hydrogen) atoms. The van der Waals surface area contributed by atoms with Gasteiger partial charge in [0.25, 0.3) is 0 Å². The zero-order chi connectivity index (χ0) is 11.1. The maximum Gasteiger partial charge on any atom is 0.00763 e. The van der Waals surface area contributed by atoms with Gasteiger partial charge in [-0.2, -0.15) is 0 Å². The summed E-state index contributed by atoms with van der Waals surface area (Å²) in [6, 6.07) is 8.97. The molecule has 1 aliphatic carbocycles. The first-order valence-corrected chi connectivity index (χ1v) is 5.79. The molecule has 0 aliphatic heterocycles. The summed E-state index contributed by atoms with van der Waals surface area (Å²) in [6.07, 6.45) is 2.52. The molecule has 0 amide bonds. The third-order valence-corrected chi connectivity index (χ3v) is 3.59. The number of hydrogen-bond acceptors (Lipinski definition) is 1. The van der Waals surface area contributed by atoms with Crippen molar-refractivity contribution in [3.63, 3.8) is 0 Å². The number of benzene rings is 1. The number of hydrogen-bond donors (Lipinski definition) is 1. The van der Waals surface area contributed by atoms with E-state index in [1.54, 1.807) is 0 Å². The molecule has 1 heteroatoms. The molecule has 82 valence electrons. The Labute approximate surface area is 92.7 Å². The van der Waals surface area contributed by atoms with E-state index in [9.17, 15) is 0 Å². The fourth-order valence-corrected chi connectivity index (χ4v) is 2.08. The highest BCUT2D eigenvalue weighted by Crippen LogP contribution is 2.47. The lowest BCUT2D eigenvalue weighted by Gasteiger charge is -2.22. The van der Waals surface area contributed by atoms with Crippen LogP contribution in [0.1, 0.15) is 44.7 Å². The highest BCUT2D eigenvalue weighted by molar-refractivity contribution is 5.37. The van der Waals surface area contributed by atoms with Crippen molar-refractivity contribution in [2.24, 2.45) is 5.73 Å². The first kappa shape index (κ1) is 10.7. The van der Waals surface area contributed by atoms with Crippen LogP contribution >= 0.6 is 0 Å². The van der Waals surface area contributed by atoms with Crippen LogP contribution in [0.2, 0.25) is 0 Å². The standard InChI is InChI=1S/C14H21N/c1-13(2,3)11-5-4-6-12(9-11)14(10-15)7-8-14/h4-6,9H,7-8,10,15H2,1-3H3. The summed E-state index contributed by atoms with van der Waals surface area (Å²) in [7, 11) is 0. The monoisotopic (exact) mass is 203 g/mol. The van der Waals surface area contributed by atoms with Gasteiger partial charge in [0.1, 0.15) is 0 Å². The Morgan fingerprint density at radius 3 is 2.40 bits per heavy atom. The van der Waals surface area contributed by atoms with E-state index < -0.39 is 0 Å². The predicted octanol–water partition coefficient (Wildman–Crippen LogP) is 2.97. The van der Waals surface area contributed by atoms with E-state index in [0.717, 1.165) is 6.54 Å². The number of rotatable bonds is 2. The predicted molar refractivity (Wildman–Crippen MR) is 65.1 cm³/mol. The second-order valence-electron chi connectivity index (χ2n) is 5.82. The third-order valence-electron chi connectivity index (χ3n) is 3.59. The molecular weight excluding hydrogens is 182 g/mol. The summed E-state index contributed by atoms with van der Waals surface area (Å²) >= 11 is 0. The molecule has 1 fully saturated rings. The van der Waals surface area contributed by atoms with Crippen LogP contribution in [-0.2, 0) is 10.8 Å². The molecule has 1 aliphatic rings. The van der Waals surface area contributed by atoms with Crippen LogP contribution in [0.5, 0.6) is 0 Å². The molecule has 1 aromatic carbocycles. The fourth-order valence-electron chi connectivity index (χ4n) is 2.08. The van der Waals surface area contributed by atoms with Gasteiger partial charge in [0, 0.05) is 12.0 Å². The summed E-state index contributed by atoms with van der Waals surface area (Å²) in [5, 5.41) is 0. The van der Waals surface area contributed by atoms with E-state index in [2.05, 4.69) is 45.0 Å². The Kier molecular flexibility index (Phi) is 2.38. The molecular formula is C14H21N. The van der Waals surface area contributed by atoms with Crippen LogP contribution in [0.15, 0.2) is 24.3 Å². The Hall–Kier alpha value is -0.820. The van der Waals surface area contributed by atoms with E-state index >= 15 is 0 Å². The quantitative estimate of drug-likeness (QED) is 0.785.